The molecule has 0 atom stereocenters. The quantitative estimate of drug-likeness (QED) is 0.814. The maximum absolute atomic E-state index is 13.0. The number of nitrogens with one attached hydrogen (secondary N) is 1. The lowest BCUT2D eigenvalue weighted by Crippen LogP contribution is -2.00. The first-order valence-corrected chi connectivity index (χ1v) is 6.05. The van der Waals surface area contributed by atoms with Gasteiger partial charge in [0, 0.05) is 18.1 Å². The molecule has 2 aromatic carbocycles. The number of rotatable bonds is 4. The van der Waals surface area contributed by atoms with E-state index < -0.39 is 11.6 Å². The Balaban J connectivity index is 2.04. The normalized spacial score (nSPS) is 10.4. The van der Waals surface area contributed by atoms with Gasteiger partial charge in [0.2, 0.25) is 0 Å². The van der Waals surface area contributed by atoms with Crippen molar-refractivity contribution in [3.63, 3.8) is 0 Å². The van der Waals surface area contributed by atoms with E-state index in [0.29, 0.717) is 18.0 Å². The molecular formula is C14H12ClF2N. The number of halogens is 3. The van der Waals surface area contributed by atoms with Crippen LogP contribution in [0.2, 0.25) is 0 Å². The van der Waals surface area contributed by atoms with Gasteiger partial charge in [0.05, 0.1) is 0 Å². The Labute approximate surface area is 109 Å². The van der Waals surface area contributed by atoms with E-state index in [9.17, 15) is 8.78 Å². The second-order valence-electron chi connectivity index (χ2n) is 3.94. The fraction of sp³-hybridized carbons (Fsp3) is 0.143. The topological polar surface area (TPSA) is 12.0 Å². The largest absolute Gasteiger partial charge is 0.381 e. The molecule has 0 aliphatic carbocycles. The van der Waals surface area contributed by atoms with Crippen LogP contribution in [0.3, 0.4) is 0 Å². The van der Waals surface area contributed by atoms with Gasteiger partial charge in [-0.15, -0.1) is 11.6 Å². The van der Waals surface area contributed by atoms with Crippen molar-refractivity contribution in [3.05, 3.63) is 65.2 Å². The summed E-state index contributed by atoms with van der Waals surface area (Å²) < 4.78 is 25.8. The van der Waals surface area contributed by atoms with Crippen molar-refractivity contribution < 1.29 is 8.78 Å². The second-order valence-corrected chi connectivity index (χ2v) is 4.20. The lowest BCUT2D eigenvalue weighted by Gasteiger charge is -2.08. The molecule has 0 fully saturated rings. The summed E-state index contributed by atoms with van der Waals surface area (Å²) in [6.07, 6.45) is 0. The number of anilines is 1. The van der Waals surface area contributed by atoms with Crippen LogP contribution in [0.5, 0.6) is 0 Å². The summed E-state index contributed by atoms with van der Waals surface area (Å²) in [6.45, 7) is 0.433. The highest BCUT2D eigenvalue weighted by Gasteiger charge is 2.02. The molecule has 2 rings (SSSR count). The SMILES string of the molecule is Fc1ccc(CNc2cccc(CCl)c2)cc1F. The van der Waals surface area contributed by atoms with Crippen molar-refractivity contribution in [2.75, 3.05) is 5.32 Å². The van der Waals surface area contributed by atoms with Crippen LogP contribution < -0.4 is 5.32 Å². The van der Waals surface area contributed by atoms with Gasteiger partial charge in [-0.1, -0.05) is 18.2 Å². The predicted molar refractivity (Wildman–Crippen MR) is 69.7 cm³/mol. The molecule has 0 amide bonds. The summed E-state index contributed by atoms with van der Waals surface area (Å²) >= 11 is 5.74. The zero-order valence-electron chi connectivity index (χ0n) is 9.59. The van der Waals surface area contributed by atoms with Gasteiger partial charge >= 0.3 is 0 Å². The molecule has 1 nitrogen and oxygen atoms in total. The Morgan fingerprint density at radius 2 is 1.78 bits per heavy atom. The second kappa shape index (κ2) is 5.83. The number of alkyl halides is 1. The Bertz CT molecular complexity index is 543. The van der Waals surface area contributed by atoms with Gasteiger partial charge in [-0.05, 0) is 35.4 Å². The predicted octanol–water partition coefficient (Wildman–Crippen LogP) is 4.32. The summed E-state index contributed by atoms with van der Waals surface area (Å²) in [5.74, 6) is -1.22. The van der Waals surface area contributed by atoms with Crippen LogP contribution in [0.15, 0.2) is 42.5 Å². The van der Waals surface area contributed by atoms with Crippen LogP contribution in [-0.2, 0) is 12.4 Å². The summed E-state index contributed by atoms with van der Waals surface area (Å²) in [5.41, 5.74) is 2.59. The Kier molecular flexibility index (Phi) is 4.15. The molecule has 0 saturated heterocycles. The molecule has 0 aromatic heterocycles. The van der Waals surface area contributed by atoms with Crippen LogP contribution >= 0.6 is 11.6 Å². The third-order valence-corrected chi connectivity index (χ3v) is 2.87. The Morgan fingerprint density at radius 3 is 2.50 bits per heavy atom. The average molecular weight is 268 g/mol. The van der Waals surface area contributed by atoms with Crippen LogP contribution in [0.1, 0.15) is 11.1 Å². The standard InChI is InChI=1S/C14H12ClF2N/c15-8-10-2-1-3-12(6-10)18-9-11-4-5-13(16)14(17)7-11/h1-7,18H,8-9H2. The van der Waals surface area contributed by atoms with Gasteiger partial charge in [-0.25, -0.2) is 8.78 Å². The summed E-state index contributed by atoms with van der Waals surface area (Å²) in [5, 5.41) is 3.13. The minimum atomic E-state index is -0.831. The smallest absolute Gasteiger partial charge is 0.159 e. The van der Waals surface area contributed by atoms with Gasteiger partial charge in [0.15, 0.2) is 11.6 Å². The van der Waals surface area contributed by atoms with Crippen LogP contribution in [0.25, 0.3) is 0 Å². The molecule has 0 spiro atoms. The first-order valence-electron chi connectivity index (χ1n) is 5.52. The lowest BCUT2D eigenvalue weighted by molar-refractivity contribution is 0.507. The molecular weight excluding hydrogens is 256 g/mol. The first-order chi connectivity index (χ1) is 8.69. The summed E-state index contributed by atoms with van der Waals surface area (Å²) in [4.78, 5) is 0. The Hall–Kier alpha value is -1.61. The van der Waals surface area contributed by atoms with E-state index in [-0.39, 0.29) is 0 Å². The van der Waals surface area contributed by atoms with Crippen molar-refractivity contribution in [1.29, 1.82) is 0 Å². The van der Waals surface area contributed by atoms with E-state index in [1.54, 1.807) is 6.07 Å². The molecule has 4 heteroatoms. The van der Waals surface area contributed by atoms with Crippen molar-refractivity contribution in [2.24, 2.45) is 0 Å². The minimum absolute atomic E-state index is 0.433. The molecule has 2 aromatic rings. The van der Waals surface area contributed by atoms with Gasteiger partial charge in [0.25, 0.3) is 0 Å². The maximum Gasteiger partial charge on any atom is 0.159 e. The molecule has 1 N–H and O–H groups in total. The fourth-order valence-electron chi connectivity index (χ4n) is 1.62. The molecule has 0 aliphatic rings. The molecule has 0 bridgehead atoms. The molecule has 94 valence electrons. The average Bonchev–Trinajstić information content (AvgIpc) is 2.40. The molecule has 0 radical (unpaired) electrons. The zero-order chi connectivity index (χ0) is 13.0. The first kappa shape index (κ1) is 12.8. The third-order valence-electron chi connectivity index (χ3n) is 2.56. The monoisotopic (exact) mass is 267 g/mol. The molecule has 0 heterocycles. The minimum Gasteiger partial charge on any atom is -0.381 e. The van der Waals surface area contributed by atoms with Gasteiger partial charge < -0.3 is 5.32 Å². The fourth-order valence-corrected chi connectivity index (χ4v) is 1.78. The highest BCUT2D eigenvalue weighted by atomic mass is 35.5. The number of benzene rings is 2. The van der Waals surface area contributed by atoms with Crippen molar-refractivity contribution in [3.8, 4) is 0 Å². The maximum atomic E-state index is 13.0. The van der Waals surface area contributed by atoms with E-state index in [4.69, 9.17) is 11.6 Å². The Morgan fingerprint density at radius 1 is 0.944 bits per heavy atom. The molecule has 0 aliphatic heterocycles. The number of hydrogen-bond acceptors (Lipinski definition) is 1. The van der Waals surface area contributed by atoms with Gasteiger partial charge in [0.1, 0.15) is 0 Å². The van der Waals surface area contributed by atoms with Crippen LogP contribution in [-0.4, -0.2) is 0 Å². The summed E-state index contributed by atoms with van der Waals surface area (Å²) in [7, 11) is 0. The molecule has 0 unspecified atom stereocenters. The lowest BCUT2D eigenvalue weighted by atomic mass is 10.2. The zero-order valence-corrected chi connectivity index (χ0v) is 10.3. The van der Waals surface area contributed by atoms with E-state index >= 15 is 0 Å². The van der Waals surface area contributed by atoms with E-state index in [1.165, 1.54) is 6.07 Å². The number of hydrogen-bond donors (Lipinski definition) is 1. The van der Waals surface area contributed by atoms with Crippen molar-refractivity contribution >= 4 is 17.3 Å². The van der Waals surface area contributed by atoms with Crippen LogP contribution in [0.4, 0.5) is 14.5 Å². The van der Waals surface area contributed by atoms with E-state index in [2.05, 4.69) is 5.32 Å². The van der Waals surface area contributed by atoms with Crippen LogP contribution in [0, 0.1) is 11.6 Å². The van der Waals surface area contributed by atoms with Gasteiger partial charge in [-0.2, -0.15) is 0 Å². The van der Waals surface area contributed by atoms with E-state index in [1.807, 2.05) is 24.3 Å². The third kappa shape index (κ3) is 3.20. The summed E-state index contributed by atoms with van der Waals surface area (Å²) in [6, 6.07) is 11.5. The van der Waals surface area contributed by atoms with Crippen molar-refractivity contribution in [1.82, 2.24) is 0 Å². The highest BCUT2D eigenvalue weighted by molar-refractivity contribution is 6.17. The highest BCUT2D eigenvalue weighted by Crippen LogP contribution is 2.15. The van der Waals surface area contributed by atoms with Crippen molar-refractivity contribution in [2.45, 2.75) is 12.4 Å². The molecule has 0 saturated carbocycles. The van der Waals surface area contributed by atoms with Gasteiger partial charge in [-0.3, -0.25) is 0 Å². The molecule has 18 heavy (non-hydrogen) atoms. The van der Waals surface area contributed by atoms with E-state index in [0.717, 1.165) is 17.3 Å².